The van der Waals surface area contributed by atoms with Crippen molar-refractivity contribution in [2.45, 2.75) is 18.8 Å². The predicted octanol–water partition coefficient (Wildman–Crippen LogP) is 1.12. The molecule has 2 atom stereocenters. The van der Waals surface area contributed by atoms with Crippen molar-refractivity contribution in [1.82, 2.24) is 10.0 Å². The number of benzene rings is 1. The Balaban J connectivity index is 1.74. The highest BCUT2D eigenvalue weighted by atomic mass is 32.2. The van der Waals surface area contributed by atoms with E-state index in [4.69, 9.17) is 0 Å². The highest BCUT2D eigenvalue weighted by Gasteiger charge is 2.45. The van der Waals surface area contributed by atoms with Gasteiger partial charge in [0.25, 0.3) is 0 Å². The van der Waals surface area contributed by atoms with Gasteiger partial charge < -0.3 is 5.32 Å². The third-order valence-corrected chi connectivity index (χ3v) is 4.23. The summed E-state index contributed by atoms with van der Waals surface area (Å²) in [5.41, 5.74) is 0.361. The van der Waals surface area contributed by atoms with Crippen LogP contribution >= 0.6 is 0 Å². The number of sulfonamides is 1. The molecule has 1 amide bonds. The van der Waals surface area contributed by atoms with E-state index in [0.717, 1.165) is 12.3 Å². The molecule has 0 saturated heterocycles. The maximum Gasteiger partial charge on any atom is 0.223 e. The summed E-state index contributed by atoms with van der Waals surface area (Å²) in [6, 6.07) is 3.38. The molecule has 1 aliphatic carbocycles. The average Bonchev–Trinajstić information content (AvgIpc) is 3.17. The van der Waals surface area contributed by atoms with Crippen molar-refractivity contribution in [3.05, 3.63) is 35.4 Å². The first-order valence-corrected chi connectivity index (χ1v) is 8.84. The van der Waals surface area contributed by atoms with Crippen LogP contribution in [0.15, 0.2) is 18.2 Å². The summed E-state index contributed by atoms with van der Waals surface area (Å²) in [6.07, 6.45) is 2.08. The molecule has 0 aromatic heterocycles. The first kappa shape index (κ1) is 16.8. The lowest BCUT2D eigenvalue weighted by Crippen LogP contribution is -2.30. The summed E-state index contributed by atoms with van der Waals surface area (Å²) < 4.78 is 50.5. The second kappa shape index (κ2) is 6.70. The molecule has 5 nitrogen and oxygen atoms in total. The molecule has 22 heavy (non-hydrogen) atoms. The van der Waals surface area contributed by atoms with E-state index < -0.39 is 21.7 Å². The molecule has 0 radical (unpaired) electrons. The van der Waals surface area contributed by atoms with Crippen LogP contribution in [0.4, 0.5) is 8.78 Å². The van der Waals surface area contributed by atoms with E-state index in [1.165, 1.54) is 12.1 Å². The summed E-state index contributed by atoms with van der Waals surface area (Å²) in [4.78, 5) is 11.9. The van der Waals surface area contributed by atoms with Crippen LogP contribution in [0.2, 0.25) is 0 Å². The fraction of sp³-hybridized carbons (Fsp3) is 0.500. The Hall–Kier alpha value is -1.54. The summed E-state index contributed by atoms with van der Waals surface area (Å²) >= 11 is 0. The zero-order chi connectivity index (χ0) is 16.3. The van der Waals surface area contributed by atoms with Gasteiger partial charge in [-0.3, -0.25) is 4.79 Å². The van der Waals surface area contributed by atoms with Crippen molar-refractivity contribution < 1.29 is 22.0 Å². The summed E-state index contributed by atoms with van der Waals surface area (Å²) in [5.74, 6) is -1.97. The zero-order valence-electron chi connectivity index (χ0n) is 12.1. The molecule has 1 aliphatic rings. The molecule has 1 aromatic carbocycles. The monoisotopic (exact) mass is 332 g/mol. The number of amides is 1. The van der Waals surface area contributed by atoms with E-state index in [-0.39, 0.29) is 24.3 Å². The normalized spacial score (nSPS) is 20.7. The van der Waals surface area contributed by atoms with Gasteiger partial charge in [0, 0.05) is 25.1 Å². The Morgan fingerprint density at radius 3 is 2.68 bits per heavy atom. The Bertz CT molecular complexity index is 664. The van der Waals surface area contributed by atoms with Crippen molar-refractivity contribution in [1.29, 1.82) is 0 Å². The van der Waals surface area contributed by atoms with Crippen LogP contribution in [0.5, 0.6) is 0 Å². The molecule has 1 aromatic rings. The predicted molar refractivity (Wildman–Crippen MR) is 77.7 cm³/mol. The molecular formula is C14H18F2N2O3S. The number of nitrogens with one attached hydrogen (secondary N) is 2. The number of rotatable bonds is 7. The van der Waals surface area contributed by atoms with E-state index in [0.29, 0.717) is 24.9 Å². The van der Waals surface area contributed by atoms with Gasteiger partial charge >= 0.3 is 0 Å². The van der Waals surface area contributed by atoms with Gasteiger partial charge in [0.05, 0.1) is 6.26 Å². The van der Waals surface area contributed by atoms with Crippen LogP contribution in [0.25, 0.3) is 0 Å². The van der Waals surface area contributed by atoms with Gasteiger partial charge in [0.1, 0.15) is 11.6 Å². The standard InChI is InChI=1S/C14H18F2N2O3S/c1-22(20,21)18-6-2-5-17-14(19)12-8-11(12)10-4-3-9(15)7-13(10)16/h3-4,7,11-12,18H,2,5-6,8H2,1H3,(H,17,19). The molecule has 1 fully saturated rings. The number of carbonyl (C=O) groups excluding carboxylic acids is 1. The van der Waals surface area contributed by atoms with Gasteiger partial charge in [-0.15, -0.1) is 0 Å². The lowest BCUT2D eigenvalue weighted by Gasteiger charge is -2.06. The van der Waals surface area contributed by atoms with E-state index in [2.05, 4.69) is 10.0 Å². The number of carbonyl (C=O) groups is 1. The average molecular weight is 332 g/mol. The quantitative estimate of drug-likeness (QED) is 0.735. The summed E-state index contributed by atoms with van der Waals surface area (Å²) in [7, 11) is -3.22. The van der Waals surface area contributed by atoms with Crippen molar-refractivity contribution in [2.24, 2.45) is 5.92 Å². The second-order valence-corrected chi connectivity index (χ2v) is 7.26. The summed E-state index contributed by atoms with van der Waals surface area (Å²) in [6.45, 7) is 0.594. The number of hydrogen-bond acceptors (Lipinski definition) is 3. The third-order valence-electron chi connectivity index (χ3n) is 3.51. The maximum absolute atomic E-state index is 13.6. The zero-order valence-corrected chi connectivity index (χ0v) is 12.9. The second-order valence-electron chi connectivity index (χ2n) is 5.43. The van der Waals surface area contributed by atoms with Gasteiger partial charge in [-0.1, -0.05) is 6.07 Å². The SMILES string of the molecule is CS(=O)(=O)NCCCNC(=O)C1CC1c1ccc(F)cc1F. The lowest BCUT2D eigenvalue weighted by molar-refractivity contribution is -0.122. The van der Waals surface area contributed by atoms with Crippen molar-refractivity contribution in [3.63, 3.8) is 0 Å². The Kier molecular flexibility index (Phi) is 5.12. The number of halogens is 2. The molecule has 1 saturated carbocycles. The maximum atomic E-state index is 13.6. The molecule has 2 N–H and O–H groups in total. The van der Waals surface area contributed by atoms with Gasteiger partial charge in [-0.25, -0.2) is 21.9 Å². The molecule has 0 heterocycles. The van der Waals surface area contributed by atoms with Crippen LogP contribution in [0, 0.1) is 17.6 Å². The first-order chi connectivity index (χ1) is 10.3. The third kappa shape index (κ3) is 4.74. The molecule has 0 spiro atoms. The highest BCUT2D eigenvalue weighted by Crippen LogP contribution is 2.48. The van der Waals surface area contributed by atoms with Crippen LogP contribution in [-0.2, 0) is 14.8 Å². The molecule has 122 valence electrons. The fourth-order valence-electron chi connectivity index (χ4n) is 2.32. The van der Waals surface area contributed by atoms with E-state index in [1.54, 1.807) is 0 Å². The van der Waals surface area contributed by atoms with E-state index in [1.807, 2.05) is 0 Å². The molecule has 2 rings (SSSR count). The van der Waals surface area contributed by atoms with Crippen molar-refractivity contribution in [3.8, 4) is 0 Å². The van der Waals surface area contributed by atoms with E-state index in [9.17, 15) is 22.0 Å². The van der Waals surface area contributed by atoms with Crippen molar-refractivity contribution in [2.75, 3.05) is 19.3 Å². The Labute approximate surface area is 128 Å². The molecule has 0 aliphatic heterocycles. The minimum atomic E-state index is -3.22. The van der Waals surface area contributed by atoms with Gasteiger partial charge in [0.2, 0.25) is 15.9 Å². The lowest BCUT2D eigenvalue weighted by atomic mass is 10.1. The Morgan fingerprint density at radius 1 is 1.32 bits per heavy atom. The molecule has 8 heteroatoms. The number of hydrogen-bond donors (Lipinski definition) is 2. The van der Waals surface area contributed by atoms with Crippen LogP contribution < -0.4 is 10.0 Å². The summed E-state index contributed by atoms with van der Waals surface area (Å²) in [5, 5.41) is 2.69. The first-order valence-electron chi connectivity index (χ1n) is 6.95. The van der Waals surface area contributed by atoms with E-state index >= 15 is 0 Å². The molecule has 0 bridgehead atoms. The minimum Gasteiger partial charge on any atom is -0.356 e. The Morgan fingerprint density at radius 2 is 2.05 bits per heavy atom. The smallest absolute Gasteiger partial charge is 0.223 e. The van der Waals surface area contributed by atoms with Crippen LogP contribution in [-0.4, -0.2) is 33.7 Å². The van der Waals surface area contributed by atoms with Crippen molar-refractivity contribution >= 4 is 15.9 Å². The van der Waals surface area contributed by atoms with Crippen LogP contribution in [0.1, 0.15) is 24.3 Å². The molecular weight excluding hydrogens is 314 g/mol. The largest absolute Gasteiger partial charge is 0.356 e. The van der Waals surface area contributed by atoms with Gasteiger partial charge in [0.15, 0.2) is 0 Å². The highest BCUT2D eigenvalue weighted by molar-refractivity contribution is 7.88. The fourth-order valence-corrected chi connectivity index (χ4v) is 2.83. The molecule has 2 unspecified atom stereocenters. The van der Waals surface area contributed by atoms with Gasteiger partial charge in [-0.2, -0.15) is 0 Å². The van der Waals surface area contributed by atoms with Gasteiger partial charge in [-0.05, 0) is 30.4 Å². The topological polar surface area (TPSA) is 75.3 Å². The minimum absolute atomic E-state index is 0.187. The van der Waals surface area contributed by atoms with Crippen LogP contribution in [0.3, 0.4) is 0 Å².